The van der Waals surface area contributed by atoms with Crippen molar-refractivity contribution < 1.29 is 23.9 Å². The summed E-state index contributed by atoms with van der Waals surface area (Å²) in [6.45, 7) is 4.85. The van der Waals surface area contributed by atoms with E-state index < -0.39 is 29.9 Å². The Morgan fingerprint density at radius 1 is 1.08 bits per heavy atom. The largest absolute Gasteiger partial charge is 0.467 e. The van der Waals surface area contributed by atoms with Crippen LogP contribution in [-0.4, -0.2) is 77.5 Å². The molecule has 1 aliphatic rings. The summed E-state index contributed by atoms with van der Waals surface area (Å²) in [6, 6.07) is 9.77. The van der Waals surface area contributed by atoms with Crippen LogP contribution < -0.4 is 10.6 Å². The molecule has 0 unspecified atom stereocenters. The van der Waals surface area contributed by atoms with Crippen molar-refractivity contribution in [3.05, 3.63) is 63.6 Å². The molecule has 0 bridgehead atoms. The third-order valence-electron chi connectivity index (χ3n) is 6.11. The molecule has 0 aliphatic carbocycles. The van der Waals surface area contributed by atoms with Gasteiger partial charge in [0.15, 0.2) is 0 Å². The van der Waals surface area contributed by atoms with Gasteiger partial charge in [-0.2, -0.15) is 0 Å². The fourth-order valence-electron chi connectivity index (χ4n) is 4.00. The van der Waals surface area contributed by atoms with Crippen LogP contribution in [0.1, 0.15) is 29.8 Å². The summed E-state index contributed by atoms with van der Waals surface area (Å²) in [5, 5.41) is 5.98. The molecule has 0 aromatic heterocycles. The minimum Gasteiger partial charge on any atom is -0.467 e. The summed E-state index contributed by atoms with van der Waals surface area (Å²) in [5.41, 5.74) is 1.40. The number of halogens is 2. The molecule has 0 saturated carbocycles. The van der Waals surface area contributed by atoms with Gasteiger partial charge < -0.3 is 25.2 Å². The second kappa shape index (κ2) is 13.7. The lowest BCUT2D eigenvalue weighted by Gasteiger charge is -2.30. The first kappa shape index (κ1) is 29.6. The van der Waals surface area contributed by atoms with Crippen molar-refractivity contribution in [3.8, 4) is 0 Å². The first-order chi connectivity index (χ1) is 18.2. The van der Waals surface area contributed by atoms with E-state index in [1.165, 1.54) is 23.8 Å². The molecule has 204 valence electrons. The van der Waals surface area contributed by atoms with E-state index >= 15 is 0 Å². The molecular formula is C26H30Cl2N4O5S. The van der Waals surface area contributed by atoms with Crippen LogP contribution >= 0.6 is 35.0 Å². The van der Waals surface area contributed by atoms with Gasteiger partial charge >= 0.3 is 12.0 Å². The normalized spacial score (nSPS) is 15.5. The van der Waals surface area contributed by atoms with E-state index in [0.29, 0.717) is 30.4 Å². The molecule has 9 nitrogen and oxygen atoms in total. The lowest BCUT2D eigenvalue weighted by Crippen LogP contribution is -2.55. The molecule has 12 heteroatoms. The molecule has 2 aromatic carbocycles. The maximum Gasteiger partial charge on any atom is 0.328 e. The molecule has 2 atom stereocenters. The number of nitrogens with zero attached hydrogens (tertiary/aromatic N) is 2. The van der Waals surface area contributed by atoms with Gasteiger partial charge in [-0.25, -0.2) is 9.59 Å². The average molecular weight is 582 g/mol. The Bertz CT molecular complexity index is 1160. The molecule has 4 amide bonds. The van der Waals surface area contributed by atoms with Gasteiger partial charge in [0.1, 0.15) is 12.1 Å². The number of amides is 4. The summed E-state index contributed by atoms with van der Waals surface area (Å²) in [4.78, 5) is 54.3. The fraction of sp³-hybridized carbons (Fsp3) is 0.385. The fourth-order valence-corrected chi connectivity index (χ4v) is 5.71. The highest BCUT2D eigenvalue weighted by Crippen LogP contribution is 2.26. The quantitative estimate of drug-likeness (QED) is 0.428. The first-order valence-electron chi connectivity index (χ1n) is 12.1. The zero-order chi connectivity index (χ0) is 27.8. The van der Waals surface area contributed by atoms with Crippen molar-refractivity contribution in [1.29, 1.82) is 0 Å². The zero-order valence-electron chi connectivity index (χ0n) is 21.3. The summed E-state index contributed by atoms with van der Waals surface area (Å²) in [7, 11) is 1.25. The maximum atomic E-state index is 13.1. The molecule has 0 radical (unpaired) electrons. The van der Waals surface area contributed by atoms with E-state index in [2.05, 4.69) is 10.6 Å². The number of benzene rings is 2. The standard InChI is InChI=1S/C26H30Cl2N4O5S/c1-4-31(5-2)26(36)32-15-38-14-21(32)23(33)30-20(25(35)37-3)13-16-9-11-17(12-10-16)29-24(34)22-18(27)7-6-8-19(22)28/h6-12,20-21H,4-5,13-15H2,1-3H3,(H,29,34)(H,30,33)/t20-,21+/m0/s1. The van der Waals surface area contributed by atoms with Gasteiger partial charge in [0, 0.05) is 31.0 Å². The highest BCUT2D eigenvalue weighted by molar-refractivity contribution is 7.99. The van der Waals surface area contributed by atoms with Crippen molar-refractivity contribution in [2.75, 3.05) is 37.1 Å². The highest BCUT2D eigenvalue weighted by atomic mass is 35.5. The van der Waals surface area contributed by atoms with Crippen LogP contribution in [0.5, 0.6) is 0 Å². The average Bonchev–Trinajstić information content (AvgIpc) is 3.39. The third kappa shape index (κ3) is 7.12. The Morgan fingerprint density at radius 3 is 2.29 bits per heavy atom. The van der Waals surface area contributed by atoms with E-state index in [9.17, 15) is 19.2 Å². The zero-order valence-corrected chi connectivity index (χ0v) is 23.7. The molecule has 2 aromatic rings. The predicted molar refractivity (Wildman–Crippen MR) is 150 cm³/mol. The van der Waals surface area contributed by atoms with Crippen LogP contribution in [0.25, 0.3) is 0 Å². The number of urea groups is 1. The minimum atomic E-state index is -0.953. The van der Waals surface area contributed by atoms with Crippen LogP contribution in [0.2, 0.25) is 10.0 Å². The summed E-state index contributed by atoms with van der Waals surface area (Å²) >= 11 is 13.7. The van der Waals surface area contributed by atoms with Crippen LogP contribution in [0.15, 0.2) is 42.5 Å². The van der Waals surface area contributed by atoms with Crippen LogP contribution in [0, 0.1) is 0 Å². The topological polar surface area (TPSA) is 108 Å². The Morgan fingerprint density at radius 2 is 1.71 bits per heavy atom. The van der Waals surface area contributed by atoms with Crippen molar-refractivity contribution in [1.82, 2.24) is 15.1 Å². The molecule has 1 heterocycles. The maximum absolute atomic E-state index is 13.1. The Labute approximate surface area is 236 Å². The van der Waals surface area contributed by atoms with Crippen molar-refractivity contribution in [2.24, 2.45) is 0 Å². The SMILES string of the molecule is CCN(CC)C(=O)N1CSC[C@@H]1C(=O)N[C@@H](Cc1ccc(NC(=O)c2c(Cl)cccc2Cl)cc1)C(=O)OC. The van der Waals surface area contributed by atoms with Crippen LogP contribution in [0.3, 0.4) is 0 Å². The van der Waals surface area contributed by atoms with Crippen LogP contribution in [-0.2, 0) is 20.7 Å². The van der Waals surface area contributed by atoms with E-state index in [0.717, 1.165) is 5.56 Å². The lowest BCUT2D eigenvalue weighted by atomic mass is 10.0. The number of carbonyl (C=O) groups is 4. The van der Waals surface area contributed by atoms with Gasteiger partial charge in [-0.3, -0.25) is 9.59 Å². The number of anilines is 1. The molecule has 2 N–H and O–H groups in total. The smallest absolute Gasteiger partial charge is 0.328 e. The number of hydrogen-bond donors (Lipinski definition) is 2. The van der Waals surface area contributed by atoms with Gasteiger partial charge in [-0.15, -0.1) is 11.8 Å². The molecule has 0 spiro atoms. The number of esters is 1. The lowest BCUT2D eigenvalue weighted by molar-refractivity contribution is -0.145. The monoisotopic (exact) mass is 580 g/mol. The molecular weight excluding hydrogens is 551 g/mol. The number of rotatable bonds is 9. The van der Waals surface area contributed by atoms with Gasteiger partial charge in [0.2, 0.25) is 5.91 Å². The van der Waals surface area contributed by atoms with E-state index in [1.54, 1.807) is 47.4 Å². The predicted octanol–water partition coefficient (Wildman–Crippen LogP) is 4.28. The summed E-state index contributed by atoms with van der Waals surface area (Å²) in [5.74, 6) is -0.617. The first-order valence-corrected chi connectivity index (χ1v) is 14.0. The molecule has 1 saturated heterocycles. The van der Waals surface area contributed by atoms with E-state index in [-0.39, 0.29) is 28.1 Å². The van der Waals surface area contributed by atoms with Crippen molar-refractivity contribution in [2.45, 2.75) is 32.4 Å². The summed E-state index contributed by atoms with van der Waals surface area (Å²) in [6.07, 6.45) is 0.160. The summed E-state index contributed by atoms with van der Waals surface area (Å²) < 4.78 is 4.91. The second-order valence-corrected chi connectivity index (χ2v) is 10.3. The number of hydrogen-bond acceptors (Lipinski definition) is 6. The number of nitrogens with one attached hydrogen (secondary N) is 2. The highest BCUT2D eigenvalue weighted by Gasteiger charge is 2.38. The minimum absolute atomic E-state index is 0.160. The number of carbonyl (C=O) groups excluding carboxylic acids is 4. The van der Waals surface area contributed by atoms with Gasteiger partial charge in [0.25, 0.3) is 5.91 Å². The van der Waals surface area contributed by atoms with Crippen LogP contribution in [0.4, 0.5) is 10.5 Å². The number of ether oxygens (including phenoxy) is 1. The molecule has 1 fully saturated rings. The van der Waals surface area contributed by atoms with E-state index in [4.69, 9.17) is 27.9 Å². The molecule has 3 rings (SSSR count). The van der Waals surface area contributed by atoms with Gasteiger partial charge in [-0.1, -0.05) is 41.4 Å². The second-order valence-electron chi connectivity index (χ2n) is 8.48. The van der Waals surface area contributed by atoms with Crippen molar-refractivity contribution in [3.63, 3.8) is 0 Å². The van der Waals surface area contributed by atoms with Gasteiger partial charge in [0.05, 0.1) is 28.6 Å². The van der Waals surface area contributed by atoms with Crippen molar-refractivity contribution >= 4 is 64.5 Å². The van der Waals surface area contributed by atoms with E-state index in [1.807, 2.05) is 13.8 Å². The third-order valence-corrected chi connectivity index (χ3v) is 7.75. The molecule has 1 aliphatic heterocycles. The van der Waals surface area contributed by atoms with Gasteiger partial charge in [-0.05, 0) is 43.7 Å². The Kier molecular flexibility index (Phi) is 10.7. The number of thioether (sulfide) groups is 1. The molecule has 38 heavy (non-hydrogen) atoms. The Balaban J connectivity index is 1.67. The number of methoxy groups -OCH3 is 1. The Hall–Kier alpha value is -2.95.